The fraction of sp³-hybridized carbons (Fsp3) is 0.250. The minimum absolute atomic E-state index is 0.106. The maximum atomic E-state index is 13.7. The molecule has 0 spiro atoms. The Morgan fingerprint density at radius 1 is 1.23 bits per heavy atom. The number of ether oxygens (including phenoxy) is 1. The Kier molecular flexibility index (Phi) is 5.35. The largest absolute Gasteiger partial charge is 0.495 e. The molecule has 1 fully saturated rings. The Labute approximate surface area is 173 Å². The molecule has 156 valence electrons. The van der Waals surface area contributed by atoms with Crippen molar-refractivity contribution in [2.75, 3.05) is 25.9 Å². The minimum atomic E-state index is -3.93. The zero-order valence-electron chi connectivity index (χ0n) is 16.2. The van der Waals surface area contributed by atoms with Crippen molar-refractivity contribution in [3.05, 3.63) is 60.6 Å². The summed E-state index contributed by atoms with van der Waals surface area (Å²) < 4.78 is 46.5. The molecule has 0 radical (unpaired) electrons. The number of methoxy groups -OCH3 is 1. The van der Waals surface area contributed by atoms with Crippen LogP contribution in [-0.2, 0) is 10.0 Å². The van der Waals surface area contributed by atoms with Crippen molar-refractivity contribution in [1.82, 2.24) is 19.3 Å². The Balaban J connectivity index is 1.66. The molecule has 0 bridgehead atoms. The van der Waals surface area contributed by atoms with Gasteiger partial charge in [0, 0.05) is 37.0 Å². The molecule has 10 heteroatoms. The van der Waals surface area contributed by atoms with E-state index in [2.05, 4.69) is 15.0 Å². The van der Waals surface area contributed by atoms with Gasteiger partial charge in [-0.25, -0.2) is 27.8 Å². The molecule has 4 rings (SSSR count). The predicted molar refractivity (Wildman–Crippen MR) is 109 cm³/mol. The first kappa shape index (κ1) is 20.2. The standard InChI is InChI=1S/C20H20FN5O3S/c1-29-17-3-2-15(21)9-18(17)30(27,28)26-7-5-14(11-26)20-16(10-23-12-25-20)13-4-6-24-19(22)8-13/h2-4,6,8-10,12,14H,5,7,11H2,1H3,(H2,22,24). The summed E-state index contributed by atoms with van der Waals surface area (Å²) in [6, 6.07) is 6.99. The van der Waals surface area contributed by atoms with Gasteiger partial charge in [0.25, 0.3) is 0 Å². The summed E-state index contributed by atoms with van der Waals surface area (Å²) in [7, 11) is -2.58. The van der Waals surface area contributed by atoms with Crippen molar-refractivity contribution in [3.63, 3.8) is 0 Å². The lowest BCUT2D eigenvalue weighted by Crippen LogP contribution is -2.29. The molecule has 3 aromatic rings. The van der Waals surface area contributed by atoms with Gasteiger partial charge < -0.3 is 10.5 Å². The number of hydrogen-bond acceptors (Lipinski definition) is 7. The molecule has 30 heavy (non-hydrogen) atoms. The van der Waals surface area contributed by atoms with E-state index >= 15 is 0 Å². The molecular formula is C20H20FN5O3S. The number of nitrogens with two attached hydrogens (primary N) is 1. The van der Waals surface area contributed by atoms with E-state index in [4.69, 9.17) is 10.5 Å². The zero-order chi connectivity index (χ0) is 21.3. The second-order valence-corrected chi connectivity index (χ2v) is 8.84. The Morgan fingerprint density at radius 3 is 2.83 bits per heavy atom. The summed E-state index contributed by atoms with van der Waals surface area (Å²) in [6.07, 6.45) is 5.30. The first-order chi connectivity index (χ1) is 14.4. The number of anilines is 1. The molecule has 2 N–H and O–H groups in total. The number of rotatable bonds is 5. The van der Waals surface area contributed by atoms with Gasteiger partial charge in [0.2, 0.25) is 10.0 Å². The van der Waals surface area contributed by atoms with E-state index in [1.165, 1.54) is 23.8 Å². The summed E-state index contributed by atoms with van der Waals surface area (Å²) in [6.45, 7) is 0.501. The summed E-state index contributed by atoms with van der Waals surface area (Å²) >= 11 is 0. The third-order valence-electron chi connectivity index (χ3n) is 5.12. The van der Waals surface area contributed by atoms with Gasteiger partial charge in [-0.05, 0) is 42.3 Å². The highest BCUT2D eigenvalue weighted by Gasteiger charge is 2.36. The van der Waals surface area contributed by atoms with E-state index in [1.54, 1.807) is 24.5 Å². The molecule has 1 aliphatic rings. The highest BCUT2D eigenvalue weighted by Crippen LogP contribution is 2.36. The monoisotopic (exact) mass is 429 g/mol. The van der Waals surface area contributed by atoms with Crippen LogP contribution in [-0.4, -0.2) is 47.9 Å². The third-order valence-corrected chi connectivity index (χ3v) is 7.00. The van der Waals surface area contributed by atoms with Crippen LogP contribution in [0.25, 0.3) is 11.1 Å². The third kappa shape index (κ3) is 3.71. The van der Waals surface area contributed by atoms with Crippen LogP contribution in [0.1, 0.15) is 18.0 Å². The van der Waals surface area contributed by atoms with Crippen molar-refractivity contribution in [2.45, 2.75) is 17.2 Å². The zero-order valence-corrected chi connectivity index (χ0v) is 17.0. The topological polar surface area (TPSA) is 111 Å². The number of nitrogens with zero attached hydrogens (tertiary/aromatic N) is 4. The second-order valence-electron chi connectivity index (χ2n) is 6.93. The average Bonchev–Trinajstić information content (AvgIpc) is 3.25. The summed E-state index contributed by atoms with van der Waals surface area (Å²) in [5.74, 6) is -0.309. The van der Waals surface area contributed by atoms with Crippen molar-refractivity contribution < 1.29 is 17.5 Å². The maximum Gasteiger partial charge on any atom is 0.246 e. The maximum absolute atomic E-state index is 13.7. The fourth-order valence-electron chi connectivity index (χ4n) is 3.66. The van der Waals surface area contributed by atoms with Crippen molar-refractivity contribution >= 4 is 15.8 Å². The normalized spacial score (nSPS) is 17.2. The van der Waals surface area contributed by atoms with Gasteiger partial charge in [-0.3, -0.25) is 0 Å². The van der Waals surface area contributed by atoms with Crippen LogP contribution in [0.3, 0.4) is 0 Å². The van der Waals surface area contributed by atoms with E-state index in [0.717, 1.165) is 29.0 Å². The molecule has 1 unspecified atom stereocenters. The molecule has 0 saturated carbocycles. The number of halogens is 1. The van der Waals surface area contributed by atoms with Gasteiger partial charge in [0.05, 0.1) is 12.8 Å². The van der Waals surface area contributed by atoms with Crippen LogP contribution in [0.15, 0.2) is 53.9 Å². The first-order valence-electron chi connectivity index (χ1n) is 9.25. The molecule has 1 saturated heterocycles. The molecule has 1 atom stereocenters. The average molecular weight is 429 g/mol. The number of benzene rings is 1. The van der Waals surface area contributed by atoms with E-state index in [9.17, 15) is 12.8 Å². The van der Waals surface area contributed by atoms with Gasteiger partial charge in [-0.15, -0.1) is 0 Å². The van der Waals surface area contributed by atoms with Crippen LogP contribution in [0.4, 0.5) is 10.2 Å². The second kappa shape index (κ2) is 7.96. The smallest absolute Gasteiger partial charge is 0.246 e. The van der Waals surface area contributed by atoms with Crippen LogP contribution in [0.2, 0.25) is 0 Å². The van der Waals surface area contributed by atoms with Gasteiger partial charge >= 0.3 is 0 Å². The van der Waals surface area contributed by atoms with Gasteiger partial charge in [-0.1, -0.05) is 0 Å². The molecule has 2 aromatic heterocycles. The number of pyridine rings is 1. The number of aromatic nitrogens is 3. The van der Waals surface area contributed by atoms with Crippen LogP contribution < -0.4 is 10.5 Å². The predicted octanol–water partition coefficient (Wildman–Crippen LogP) is 2.45. The van der Waals surface area contributed by atoms with Gasteiger partial charge in [0.1, 0.15) is 28.6 Å². The van der Waals surface area contributed by atoms with Crippen molar-refractivity contribution in [3.8, 4) is 16.9 Å². The Bertz CT molecular complexity index is 1190. The highest BCUT2D eigenvalue weighted by atomic mass is 32.2. The lowest BCUT2D eigenvalue weighted by molar-refractivity contribution is 0.396. The highest BCUT2D eigenvalue weighted by molar-refractivity contribution is 7.89. The first-order valence-corrected chi connectivity index (χ1v) is 10.7. The van der Waals surface area contributed by atoms with Crippen LogP contribution in [0.5, 0.6) is 5.75 Å². The van der Waals surface area contributed by atoms with Crippen LogP contribution in [0, 0.1) is 5.82 Å². The summed E-state index contributed by atoms with van der Waals surface area (Å²) in [4.78, 5) is 12.3. The molecular weight excluding hydrogens is 409 g/mol. The van der Waals surface area contributed by atoms with E-state index in [1.807, 2.05) is 0 Å². The summed E-state index contributed by atoms with van der Waals surface area (Å²) in [5, 5.41) is 0. The minimum Gasteiger partial charge on any atom is -0.495 e. The van der Waals surface area contributed by atoms with Crippen molar-refractivity contribution in [1.29, 1.82) is 0 Å². The Hall–Kier alpha value is -3.11. The fourth-order valence-corrected chi connectivity index (χ4v) is 5.33. The molecule has 3 heterocycles. The Morgan fingerprint density at radius 2 is 2.07 bits per heavy atom. The molecule has 1 aliphatic heterocycles. The van der Waals surface area contributed by atoms with E-state index in [-0.39, 0.29) is 29.7 Å². The number of sulfonamides is 1. The molecule has 0 aliphatic carbocycles. The molecule has 0 amide bonds. The molecule has 8 nitrogen and oxygen atoms in total. The van der Waals surface area contributed by atoms with Crippen LogP contribution >= 0.6 is 0 Å². The quantitative estimate of drug-likeness (QED) is 0.663. The lowest BCUT2D eigenvalue weighted by Gasteiger charge is -2.19. The summed E-state index contributed by atoms with van der Waals surface area (Å²) in [5.41, 5.74) is 8.12. The van der Waals surface area contributed by atoms with E-state index < -0.39 is 15.8 Å². The lowest BCUT2D eigenvalue weighted by atomic mass is 9.96. The SMILES string of the molecule is COc1ccc(F)cc1S(=O)(=O)N1CCC(c2ncncc2-c2ccnc(N)c2)C1. The van der Waals surface area contributed by atoms with Gasteiger partial charge in [0.15, 0.2) is 0 Å². The molecule has 1 aromatic carbocycles. The van der Waals surface area contributed by atoms with Gasteiger partial charge in [-0.2, -0.15) is 4.31 Å². The van der Waals surface area contributed by atoms with E-state index in [0.29, 0.717) is 12.2 Å². The number of nitrogen functional groups attached to an aromatic ring is 1. The van der Waals surface area contributed by atoms with Crippen molar-refractivity contribution in [2.24, 2.45) is 0 Å². The number of hydrogen-bond donors (Lipinski definition) is 1.